The first-order valence-corrected chi connectivity index (χ1v) is 9.22. The van der Waals surface area contributed by atoms with E-state index >= 15 is 0 Å². The lowest BCUT2D eigenvalue weighted by Gasteiger charge is -2.13. The first-order valence-electron chi connectivity index (χ1n) is 9.22. The van der Waals surface area contributed by atoms with E-state index in [9.17, 15) is 0 Å². The van der Waals surface area contributed by atoms with Gasteiger partial charge >= 0.3 is 0 Å². The Bertz CT molecular complexity index is 719. The van der Waals surface area contributed by atoms with E-state index in [1.54, 1.807) is 0 Å². The summed E-state index contributed by atoms with van der Waals surface area (Å²) in [5, 5.41) is 0. The van der Waals surface area contributed by atoms with Gasteiger partial charge < -0.3 is 0 Å². The highest BCUT2D eigenvalue weighted by Gasteiger charge is 2.17. The Morgan fingerprint density at radius 2 is 1.08 bits per heavy atom. The molecule has 0 unspecified atom stereocenters. The van der Waals surface area contributed by atoms with Crippen molar-refractivity contribution in [3.63, 3.8) is 0 Å². The smallest absolute Gasteiger partial charge is 0.170 e. The molecule has 0 fully saturated rings. The highest BCUT2D eigenvalue weighted by molar-refractivity contribution is 5.79. The average Bonchev–Trinajstić information content (AvgIpc) is 2.65. The van der Waals surface area contributed by atoms with Crippen LogP contribution in [0.5, 0.6) is 0 Å². The second kappa shape index (κ2) is 7.12. The largest absolute Gasteiger partial charge is 0.235 e. The molecule has 0 N–H and O–H groups in total. The van der Waals surface area contributed by atoms with Crippen LogP contribution in [0, 0.1) is 0 Å². The fourth-order valence-electron chi connectivity index (χ4n) is 3.81. The van der Waals surface area contributed by atoms with E-state index in [0.29, 0.717) is 0 Å². The average molecular weight is 318 g/mol. The molecule has 0 saturated carbocycles. The number of rotatable bonds is 5. The van der Waals surface area contributed by atoms with Crippen molar-refractivity contribution < 1.29 is 9.15 Å². The van der Waals surface area contributed by atoms with Crippen molar-refractivity contribution in [2.75, 3.05) is 26.2 Å². The van der Waals surface area contributed by atoms with Crippen molar-refractivity contribution in [1.82, 2.24) is 0 Å². The van der Waals surface area contributed by atoms with Gasteiger partial charge in [-0.1, -0.05) is 36.4 Å². The summed E-state index contributed by atoms with van der Waals surface area (Å²) in [5.74, 6) is 0. The second-order valence-corrected chi connectivity index (χ2v) is 6.93. The van der Waals surface area contributed by atoms with E-state index in [0.717, 1.165) is 0 Å². The van der Waals surface area contributed by atoms with Gasteiger partial charge in [0.2, 0.25) is 0 Å². The summed E-state index contributed by atoms with van der Waals surface area (Å²) in [6.45, 7) is 4.69. The van der Waals surface area contributed by atoms with E-state index < -0.39 is 0 Å². The Kier molecular flexibility index (Phi) is 4.55. The number of fused-ring (bicyclic) bond motifs is 2. The molecule has 0 aliphatic carbocycles. The molecule has 4 rings (SSSR count). The fourth-order valence-corrected chi connectivity index (χ4v) is 3.81. The summed E-state index contributed by atoms with van der Waals surface area (Å²) in [6, 6.07) is 17.6. The third-order valence-corrected chi connectivity index (χ3v) is 5.23. The summed E-state index contributed by atoms with van der Waals surface area (Å²) in [6.07, 6.45) is 9.60. The van der Waals surface area contributed by atoms with Crippen molar-refractivity contribution in [3.05, 3.63) is 70.8 Å². The van der Waals surface area contributed by atoms with Gasteiger partial charge in [-0.15, -0.1) is 0 Å². The molecule has 0 radical (unpaired) electrons. The SMILES string of the molecule is C1=[N+](CCCC[N+]2=Cc3ccccc3CC2)CCc2ccccc21. The minimum absolute atomic E-state index is 1.17. The van der Waals surface area contributed by atoms with Crippen LogP contribution < -0.4 is 0 Å². The maximum absolute atomic E-state index is 2.50. The normalized spacial score (nSPS) is 16.0. The van der Waals surface area contributed by atoms with E-state index in [1.165, 1.54) is 74.1 Å². The zero-order chi connectivity index (χ0) is 16.2. The highest BCUT2D eigenvalue weighted by Crippen LogP contribution is 2.13. The lowest BCUT2D eigenvalue weighted by Crippen LogP contribution is -2.26. The summed E-state index contributed by atoms with van der Waals surface area (Å²) in [4.78, 5) is 0. The molecule has 2 aliphatic rings. The summed E-state index contributed by atoms with van der Waals surface area (Å²) >= 11 is 0. The van der Waals surface area contributed by atoms with Crippen LogP contribution in [0.4, 0.5) is 0 Å². The molecule has 2 aliphatic heterocycles. The molecule has 0 aromatic heterocycles. The minimum Gasteiger partial charge on any atom is -0.235 e. The zero-order valence-electron chi connectivity index (χ0n) is 14.3. The van der Waals surface area contributed by atoms with Crippen LogP contribution in [0.1, 0.15) is 35.1 Å². The van der Waals surface area contributed by atoms with Gasteiger partial charge in [0.05, 0.1) is 0 Å². The first kappa shape index (κ1) is 15.3. The van der Waals surface area contributed by atoms with Crippen molar-refractivity contribution >= 4 is 12.4 Å². The quantitative estimate of drug-likeness (QED) is 0.590. The van der Waals surface area contributed by atoms with Crippen LogP contribution in [0.2, 0.25) is 0 Å². The van der Waals surface area contributed by atoms with Crippen LogP contribution in [0.25, 0.3) is 0 Å². The third-order valence-electron chi connectivity index (χ3n) is 5.23. The zero-order valence-corrected chi connectivity index (χ0v) is 14.3. The molecule has 122 valence electrons. The topological polar surface area (TPSA) is 6.02 Å². The van der Waals surface area contributed by atoms with Gasteiger partial charge in [-0.25, -0.2) is 9.15 Å². The fraction of sp³-hybridized carbons (Fsp3) is 0.364. The van der Waals surface area contributed by atoms with Gasteiger partial charge in [0.15, 0.2) is 12.4 Å². The van der Waals surface area contributed by atoms with Crippen LogP contribution in [-0.4, -0.2) is 47.8 Å². The molecule has 2 nitrogen and oxygen atoms in total. The van der Waals surface area contributed by atoms with E-state index in [1.807, 2.05) is 0 Å². The molecule has 24 heavy (non-hydrogen) atoms. The second-order valence-electron chi connectivity index (χ2n) is 6.93. The summed E-state index contributed by atoms with van der Waals surface area (Å²) in [7, 11) is 0. The monoisotopic (exact) mass is 318 g/mol. The number of benzene rings is 2. The van der Waals surface area contributed by atoms with Gasteiger partial charge in [0.25, 0.3) is 0 Å². The van der Waals surface area contributed by atoms with E-state index in [4.69, 9.17) is 0 Å². The van der Waals surface area contributed by atoms with Gasteiger partial charge in [-0.05, 0) is 23.3 Å². The van der Waals surface area contributed by atoms with E-state index in [2.05, 4.69) is 70.1 Å². The molecule has 0 spiro atoms. The number of hydrogen-bond acceptors (Lipinski definition) is 0. The Labute approximate surface area is 144 Å². The number of hydrogen-bond donors (Lipinski definition) is 0. The molecule has 0 atom stereocenters. The van der Waals surface area contributed by atoms with Crippen LogP contribution >= 0.6 is 0 Å². The molecule has 2 aromatic carbocycles. The van der Waals surface area contributed by atoms with Crippen molar-refractivity contribution in [1.29, 1.82) is 0 Å². The Morgan fingerprint density at radius 3 is 1.58 bits per heavy atom. The summed E-state index contributed by atoms with van der Waals surface area (Å²) in [5.41, 5.74) is 5.81. The number of nitrogens with zero attached hydrogens (tertiary/aromatic N) is 2. The van der Waals surface area contributed by atoms with Crippen molar-refractivity contribution in [3.8, 4) is 0 Å². The maximum atomic E-state index is 2.50. The van der Waals surface area contributed by atoms with Crippen molar-refractivity contribution in [2.24, 2.45) is 0 Å². The van der Waals surface area contributed by atoms with Crippen molar-refractivity contribution in [2.45, 2.75) is 25.7 Å². The van der Waals surface area contributed by atoms with Gasteiger partial charge in [0, 0.05) is 36.8 Å². The van der Waals surface area contributed by atoms with E-state index in [-0.39, 0.29) is 0 Å². The molecule has 0 saturated heterocycles. The molecular formula is C22H26N2+2. The molecule has 2 heteroatoms. The Morgan fingerprint density at radius 1 is 0.625 bits per heavy atom. The molecule has 0 amide bonds. The minimum atomic E-state index is 1.17. The third kappa shape index (κ3) is 3.48. The Balaban J connectivity index is 1.29. The van der Waals surface area contributed by atoms with Gasteiger partial charge in [-0.3, -0.25) is 0 Å². The lowest BCUT2D eigenvalue weighted by atomic mass is 10.0. The highest BCUT2D eigenvalue weighted by atomic mass is 15.0. The lowest BCUT2D eigenvalue weighted by molar-refractivity contribution is -0.535. The van der Waals surface area contributed by atoms with Crippen LogP contribution in [0.15, 0.2) is 48.5 Å². The summed E-state index contributed by atoms with van der Waals surface area (Å²) < 4.78 is 5.00. The predicted octanol–water partition coefficient (Wildman–Crippen LogP) is 3.14. The standard InChI is InChI=1S/C22H26N2/c1-3-9-21-17-23(15-11-19(21)7-1)13-5-6-14-24-16-12-20-8-2-4-10-22(20)18-24/h1-4,7-10,17-18H,5-6,11-16H2/q+2. The maximum Gasteiger partial charge on any atom is 0.170 e. The van der Waals surface area contributed by atoms with Crippen LogP contribution in [-0.2, 0) is 12.8 Å². The Hall–Kier alpha value is -2.22. The van der Waals surface area contributed by atoms with Gasteiger partial charge in [-0.2, -0.15) is 0 Å². The van der Waals surface area contributed by atoms with Gasteiger partial charge in [0.1, 0.15) is 26.2 Å². The predicted molar refractivity (Wildman–Crippen MR) is 99.8 cm³/mol. The number of unbranched alkanes of at least 4 members (excludes halogenated alkanes) is 1. The molecule has 2 heterocycles. The van der Waals surface area contributed by atoms with Crippen LogP contribution in [0.3, 0.4) is 0 Å². The molecule has 0 bridgehead atoms. The molecular weight excluding hydrogens is 292 g/mol. The molecule has 2 aromatic rings. The first-order chi connectivity index (χ1) is 11.9.